The molecule has 1 fully saturated rings. The number of hydrogen-bond acceptors (Lipinski definition) is 8. The fourth-order valence-corrected chi connectivity index (χ4v) is 5.98. The van der Waals surface area contributed by atoms with E-state index in [9.17, 15) is 14.4 Å². The summed E-state index contributed by atoms with van der Waals surface area (Å²) in [6.07, 6.45) is 1.07. The number of amides is 2. The van der Waals surface area contributed by atoms with Crippen molar-refractivity contribution in [3.05, 3.63) is 82.3 Å². The summed E-state index contributed by atoms with van der Waals surface area (Å²) in [7, 11) is 4.71. The normalized spacial score (nSPS) is 14.1. The van der Waals surface area contributed by atoms with Crippen molar-refractivity contribution in [2.75, 3.05) is 45.9 Å². The van der Waals surface area contributed by atoms with Crippen molar-refractivity contribution in [1.82, 2.24) is 10.2 Å². The monoisotopic (exact) mass is 709 g/mol. The summed E-state index contributed by atoms with van der Waals surface area (Å²) in [4.78, 5) is 44.7. The number of ether oxygens (including phenoxy) is 4. The molecule has 3 aromatic carbocycles. The third-order valence-electron chi connectivity index (χ3n) is 8.01. The molecule has 47 heavy (non-hydrogen) atoms. The summed E-state index contributed by atoms with van der Waals surface area (Å²) >= 11 is 3.65. The van der Waals surface area contributed by atoms with Crippen LogP contribution < -0.4 is 24.4 Å². The molecule has 11 heteroatoms. The second kappa shape index (κ2) is 16.0. The van der Waals surface area contributed by atoms with E-state index >= 15 is 0 Å². The zero-order valence-electron chi connectivity index (χ0n) is 27.9. The summed E-state index contributed by atoms with van der Waals surface area (Å²) in [6.45, 7) is 7.15. The van der Waals surface area contributed by atoms with Gasteiger partial charge in [-0.2, -0.15) is 0 Å². The van der Waals surface area contributed by atoms with Crippen LogP contribution in [0.2, 0.25) is 0 Å². The molecule has 10 nitrogen and oxygen atoms in total. The van der Waals surface area contributed by atoms with Gasteiger partial charge in [0.1, 0.15) is 22.8 Å². The van der Waals surface area contributed by atoms with Crippen molar-refractivity contribution in [1.29, 1.82) is 0 Å². The predicted molar refractivity (Wildman–Crippen MR) is 185 cm³/mol. The summed E-state index contributed by atoms with van der Waals surface area (Å²) in [5, 5.41) is 3.08. The fraction of sp³-hybridized carbons (Fsp3) is 0.417. The van der Waals surface area contributed by atoms with Crippen LogP contribution in [0.1, 0.15) is 49.5 Å². The number of nitrogens with zero attached hydrogens (tertiary/aromatic N) is 2. The number of piperidine rings is 1. The van der Waals surface area contributed by atoms with Crippen LogP contribution >= 0.6 is 15.9 Å². The number of ketones is 1. The molecule has 3 aromatic rings. The highest BCUT2D eigenvalue weighted by Crippen LogP contribution is 2.33. The van der Waals surface area contributed by atoms with Crippen molar-refractivity contribution in [2.24, 2.45) is 5.92 Å². The predicted octanol–water partition coefficient (Wildman–Crippen LogP) is 6.50. The van der Waals surface area contributed by atoms with E-state index in [1.54, 1.807) is 61.5 Å². The average molecular weight is 711 g/mol. The summed E-state index contributed by atoms with van der Waals surface area (Å²) in [5.74, 6) is 1.13. The highest BCUT2D eigenvalue weighted by atomic mass is 79.9. The Morgan fingerprint density at radius 3 is 2.15 bits per heavy atom. The Morgan fingerprint density at radius 2 is 1.55 bits per heavy atom. The lowest BCUT2D eigenvalue weighted by atomic mass is 9.96. The lowest BCUT2D eigenvalue weighted by molar-refractivity contribution is -0.121. The van der Waals surface area contributed by atoms with Crippen molar-refractivity contribution in [2.45, 2.75) is 51.8 Å². The molecule has 1 unspecified atom stereocenters. The van der Waals surface area contributed by atoms with E-state index in [0.717, 1.165) is 10.0 Å². The Bertz CT molecular complexity index is 1530. The van der Waals surface area contributed by atoms with E-state index in [0.29, 0.717) is 61.0 Å². The molecule has 4 rings (SSSR count). The Kier molecular flexibility index (Phi) is 12.1. The highest BCUT2D eigenvalue weighted by molar-refractivity contribution is 9.10. The largest absolute Gasteiger partial charge is 0.497 e. The standard InChI is InChI=1S/C36H44BrN3O7/c1-36(2,3)47-35(43)39-19-17-24(18-20-39)22-38-34(42)32(33(41)25-11-14-27(44-4)15-12-25)40(30-10-8-7-9-29(30)37)23-26-13-16-28(45-5)21-31(26)46-6/h7-16,21,24,32H,17-20,22-23H2,1-6H3,(H,38,42). The van der Waals surface area contributed by atoms with E-state index in [1.807, 2.05) is 57.2 Å². The van der Waals surface area contributed by atoms with Crippen LogP contribution in [-0.4, -0.2) is 75.3 Å². The maximum Gasteiger partial charge on any atom is 0.410 e. The lowest BCUT2D eigenvalue weighted by Gasteiger charge is -2.35. The van der Waals surface area contributed by atoms with Gasteiger partial charge in [-0.3, -0.25) is 9.59 Å². The van der Waals surface area contributed by atoms with Gasteiger partial charge in [0.25, 0.3) is 5.91 Å². The van der Waals surface area contributed by atoms with Gasteiger partial charge in [0.15, 0.2) is 11.8 Å². The average Bonchev–Trinajstić information content (AvgIpc) is 3.06. The number of halogens is 1. The Labute approximate surface area is 285 Å². The van der Waals surface area contributed by atoms with Gasteiger partial charge >= 0.3 is 6.09 Å². The molecule has 1 heterocycles. The Morgan fingerprint density at radius 1 is 0.915 bits per heavy atom. The van der Waals surface area contributed by atoms with Crippen molar-refractivity contribution in [3.63, 3.8) is 0 Å². The van der Waals surface area contributed by atoms with E-state index in [2.05, 4.69) is 21.2 Å². The molecule has 1 saturated heterocycles. The van der Waals surface area contributed by atoms with Crippen LogP contribution in [0.5, 0.6) is 17.2 Å². The quantitative estimate of drug-likeness (QED) is 0.168. The van der Waals surface area contributed by atoms with Crippen molar-refractivity contribution >= 4 is 39.4 Å². The number of rotatable bonds is 12. The molecule has 1 aliphatic heterocycles. The first-order chi connectivity index (χ1) is 22.4. The lowest BCUT2D eigenvalue weighted by Crippen LogP contribution is -2.53. The van der Waals surface area contributed by atoms with Crippen LogP contribution in [-0.2, 0) is 16.1 Å². The smallest absolute Gasteiger partial charge is 0.410 e. The number of likely N-dealkylation sites (tertiary alicyclic amines) is 1. The third kappa shape index (κ3) is 9.41. The molecule has 0 aromatic heterocycles. The number of carbonyl (C=O) groups is 3. The zero-order chi connectivity index (χ0) is 34.1. The molecule has 0 aliphatic carbocycles. The topological polar surface area (TPSA) is 107 Å². The van der Waals surface area contributed by atoms with E-state index < -0.39 is 17.6 Å². The van der Waals surface area contributed by atoms with Crippen LogP contribution in [0.25, 0.3) is 0 Å². The summed E-state index contributed by atoms with van der Waals surface area (Å²) < 4.78 is 22.6. The molecule has 0 radical (unpaired) electrons. The van der Waals surface area contributed by atoms with Crippen LogP contribution in [0.4, 0.5) is 10.5 Å². The minimum atomic E-state index is -1.23. The van der Waals surface area contributed by atoms with Crippen molar-refractivity contribution in [3.8, 4) is 17.2 Å². The van der Waals surface area contributed by atoms with Gasteiger partial charge in [-0.05, 0) is 104 Å². The van der Waals surface area contributed by atoms with Crippen LogP contribution in [0.3, 0.4) is 0 Å². The molecule has 0 bridgehead atoms. The molecular formula is C36H44BrN3O7. The maximum absolute atomic E-state index is 14.4. The number of benzene rings is 3. The molecule has 1 atom stereocenters. The van der Waals surface area contributed by atoms with Crippen LogP contribution in [0.15, 0.2) is 71.2 Å². The van der Waals surface area contributed by atoms with Gasteiger partial charge in [0.2, 0.25) is 0 Å². The zero-order valence-corrected chi connectivity index (χ0v) is 29.5. The first-order valence-corrected chi connectivity index (χ1v) is 16.4. The molecule has 0 saturated carbocycles. The second-order valence-corrected chi connectivity index (χ2v) is 13.3. The first-order valence-electron chi connectivity index (χ1n) is 15.6. The number of nitrogens with one attached hydrogen (secondary N) is 1. The van der Waals surface area contributed by atoms with Gasteiger partial charge in [-0.15, -0.1) is 0 Å². The molecule has 1 N–H and O–H groups in total. The van der Waals surface area contributed by atoms with E-state index in [-0.39, 0.29) is 24.3 Å². The highest BCUT2D eigenvalue weighted by Gasteiger charge is 2.36. The van der Waals surface area contributed by atoms with Gasteiger partial charge < -0.3 is 34.1 Å². The van der Waals surface area contributed by atoms with Crippen molar-refractivity contribution < 1.29 is 33.3 Å². The number of carbonyl (C=O) groups excluding carboxylic acids is 3. The first kappa shape index (κ1) is 35.6. The molecule has 252 valence electrons. The Hall–Kier alpha value is -4.25. The number of para-hydroxylation sites is 1. The fourth-order valence-electron chi connectivity index (χ4n) is 5.47. The molecule has 2 amide bonds. The Balaban J connectivity index is 1.64. The third-order valence-corrected chi connectivity index (χ3v) is 8.68. The second-order valence-electron chi connectivity index (χ2n) is 12.4. The van der Waals surface area contributed by atoms with Gasteiger partial charge in [0, 0.05) is 47.8 Å². The summed E-state index contributed by atoms with van der Waals surface area (Å²) in [5.41, 5.74) is 1.23. The van der Waals surface area contributed by atoms with Crippen LogP contribution in [0, 0.1) is 5.92 Å². The SMILES string of the molecule is COc1ccc(C(=O)C(C(=O)NCC2CCN(C(=O)OC(C)(C)C)CC2)N(Cc2ccc(OC)cc2OC)c2ccccc2Br)cc1. The number of anilines is 1. The van der Waals surface area contributed by atoms with Gasteiger partial charge in [0.05, 0.1) is 27.0 Å². The van der Waals surface area contributed by atoms with E-state index in [4.69, 9.17) is 18.9 Å². The summed E-state index contributed by atoms with van der Waals surface area (Å²) in [6, 6.07) is 18.5. The van der Waals surface area contributed by atoms with Gasteiger partial charge in [-0.1, -0.05) is 12.1 Å². The number of hydrogen-bond donors (Lipinski definition) is 1. The molecule has 1 aliphatic rings. The number of methoxy groups -OCH3 is 3. The van der Waals surface area contributed by atoms with E-state index in [1.165, 1.54) is 0 Å². The van der Waals surface area contributed by atoms with Gasteiger partial charge in [-0.25, -0.2) is 4.79 Å². The molecular weight excluding hydrogens is 666 g/mol. The molecule has 0 spiro atoms. The minimum Gasteiger partial charge on any atom is -0.497 e. The minimum absolute atomic E-state index is 0.132. The maximum atomic E-state index is 14.4. The number of Topliss-reactive ketones (excluding diaryl/α,β-unsaturated/α-hetero) is 1.